The lowest BCUT2D eigenvalue weighted by Gasteiger charge is -2.35. The fraction of sp³-hybridized carbons (Fsp3) is 0.450. The molecule has 2 N–H and O–H groups in total. The SMILES string of the molecule is CN(C)C1CCN(CCNc2ccc(C(=O)Nc3ccccc3)nn2)CC1. The van der Waals surface area contributed by atoms with Crippen molar-refractivity contribution in [2.45, 2.75) is 18.9 Å². The second-order valence-electron chi connectivity index (χ2n) is 7.09. The highest BCUT2D eigenvalue weighted by atomic mass is 16.1. The zero-order chi connectivity index (χ0) is 19.1. The van der Waals surface area contributed by atoms with E-state index < -0.39 is 0 Å². The van der Waals surface area contributed by atoms with Crippen molar-refractivity contribution < 1.29 is 4.79 Å². The molecule has 0 aliphatic carbocycles. The summed E-state index contributed by atoms with van der Waals surface area (Å²) in [6.07, 6.45) is 2.44. The molecule has 1 aliphatic rings. The number of hydrogen-bond donors (Lipinski definition) is 2. The van der Waals surface area contributed by atoms with Crippen LogP contribution in [0.3, 0.4) is 0 Å². The summed E-state index contributed by atoms with van der Waals surface area (Å²) in [7, 11) is 4.31. The summed E-state index contributed by atoms with van der Waals surface area (Å²) in [6, 6.07) is 13.5. The minimum atomic E-state index is -0.260. The number of carbonyl (C=O) groups excluding carboxylic acids is 1. The van der Waals surface area contributed by atoms with Crippen LogP contribution in [0.1, 0.15) is 23.3 Å². The maximum atomic E-state index is 12.2. The minimum absolute atomic E-state index is 0.260. The van der Waals surface area contributed by atoms with Crippen LogP contribution in [-0.2, 0) is 0 Å². The lowest BCUT2D eigenvalue weighted by atomic mass is 10.0. The molecule has 2 heterocycles. The van der Waals surface area contributed by atoms with Crippen LogP contribution in [0, 0.1) is 0 Å². The molecule has 0 saturated carbocycles. The van der Waals surface area contributed by atoms with E-state index in [1.54, 1.807) is 12.1 Å². The monoisotopic (exact) mass is 368 g/mol. The molecule has 3 rings (SSSR count). The summed E-state index contributed by atoms with van der Waals surface area (Å²) in [5, 5.41) is 14.2. The molecule has 0 spiro atoms. The number of nitrogens with zero attached hydrogens (tertiary/aromatic N) is 4. The number of piperidine rings is 1. The molecular formula is C20H28N6O. The number of para-hydroxylation sites is 1. The van der Waals surface area contributed by atoms with Gasteiger partial charge in [0.2, 0.25) is 0 Å². The highest BCUT2D eigenvalue weighted by Gasteiger charge is 2.19. The number of carbonyl (C=O) groups is 1. The van der Waals surface area contributed by atoms with E-state index in [2.05, 4.69) is 44.7 Å². The molecule has 1 aliphatic heterocycles. The van der Waals surface area contributed by atoms with E-state index in [0.717, 1.165) is 31.9 Å². The summed E-state index contributed by atoms with van der Waals surface area (Å²) in [6.45, 7) is 4.07. The molecule has 0 radical (unpaired) electrons. The van der Waals surface area contributed by atoms with Gasteiger partial charge in [-0.05, 0) is 64.3 Å². The number of hydrogen-bond acceptors (Lipinski definition) is 6. The highest BCUT2D eigenvalue weighted by molar-refractivity contribution is 6.02. The number of amides is 1. The van der Waals surface area contributed by atoms with E-state index in [1.165, 1.54) is 12.8 Å². The van der Waals surface area contributed by atoms with E-state index in [-0.39, 0.29) is 5.91 Å². The molecule has 27 heavy (non-hydrogen) atoms. The summed E-state index contributed by atoms with van der Waals surface area (Å²) in [4.78, 5) is 17.0. The van der Waals surface area contributed by atoms with Crippen molar-refractivity contribution in [3.63, 3.8) is 0 Å². The molecule has 144 valence electrons. The second-order valence-corrected chi connectivity index (χ2v) is 7.09. The van der Waals surface area contributed by atoms with Crippen LogP contribution in [0.4, 0.5) is 11.5 Å². The third kappa shape index (κ3) is 5.74. The molecule has 0 unspecified atom stereocenters. The topological polar surface area (TPSA) is 73.4 Å². The van der Waals surface area contributed by atoms with E-state index >= 15 is 0 Å². The summed E-state index contributed by atoms with van der Waals surface area (Å²) in [5.41, 5.74) is 1.04. The van der Waals surface area contributed by atoms with Gasteiger partial charge in [0, 0.05) is 24.8 Å². The maximum Gasteiger partial charge on any atom is 0.276 e. The van der Waals surface area contributed by atoms with Crippen molar-refractivity contribution in [1.29, 1.82) is 0 Å². The number of nitrogens with one attached hydrogen (secondary N) is 2. The molecule has 1 aromatic heterocycles. The van der Waals surface area contributed by atoms with Crippen molar-refractivity contribution in [1.82, 2.24) is 20.0 Å². The Labute approximate surface area is 160 Å². The van der Waals surface area contributed by atoms with Gasteiger partial charge in [0.1, 0.15) is 5.82 Å². The first-order valence-corrected chi connectivity index (χ1v) is 9.44. The Kier molecular flexibility index (Phi) is 6.73. The molecule has 0 bridgehead atoms. The summed E-state index contributed by atoms with van der Waals surface area (Å²) < 4.78 is 0. The van der Waals surface area contributed by atoms with E-state index in [9.17, 15) is 4.79 Å². The first-order chi connectivity index (χ1) is 13.1. The second kappa shape index (κ2) is 9.43. The van der Waals surface area contributed by atoms with Crippen LogP contribution in [0.25, 0.3) is 0 Å². The molecule has 1 saturated heterocycles. The maximum absolute atomic E-state index is 12.2. The Morgan fingerprint density at radius 1 is 1.11 bits per heavy atom. The lowest BCUT2D eigenvalue weighted by molar-refractivity contribution is 0.102. The van der Waals surface area contributed by atoms with Crippen molar-refractivity contribution in [3.8, 4) is 0 Å². The minimum Gasteiger partial charge on any atom is -0.367 e. The van der Waals surface area contributed by atoms with E-state index in [1.807, 2.05) is 30.3 Å². The molecule has 1 fully saturated rings. The molecule has 1 aromatic carbocycles. The van der Waals surface area contributed by atoms with E-state index in [4.69, 9.17) is 0 Å². The summed E-state index contributed by atoms with van der Waals surface area (Å²) >= 11 is 0. The van der Waals surface area contributed by atoms with Gasteiger partial charge in [0.25, 0.3) is 5.91 Å². The summed E-state index contributed by atoms with van der Waals surface area (Å²) in [5.74, 6) is 0.429. The molecule has 2 aromatic rings. The lowest BCUT2D eigenvalue weighted by Crippen LogP contribution is -2.43. The van der Waals surface area contributed by atoms with Crippen LogP contribution in [0.2, 0.25) is 0 Å². The van der Waals surface area contributed by atoms with Crippen LogP contribution >= 0.6 is 0 Å². The predicted octanol–water partition coefficient (Wildman–Crippen LogP) is 2.17. The largest absolute Gasteiger partial charge is 0.367 e. The van der Waals surface area contributed by atoms with E-state index in [0.29, 0.717) is 17.6 Å². The number of anilines is 2. The van der Waals surface area contributed by atoms with Crippen LogP contribution < -0.4 is 10.6 Å². The first-order valence-electron chi connectivity index (χ1n) is 9.44. The Balaban J connectivity index is 1.41. The van der Waals surface area contributed by atoms with Gasteiger partial charge < -0.3 is 20.4 Å². The van der Waals surface area contributed by atoms with Gasteiger partial charge in [-0.2, -0.15) is 0 Å². The highest BCUT2D eigenvalue weighted by Crippen LogP contribution is 2.14. The van der Waals surface area contributed by atoms with Gasteiger partial charge in [0.05, 0.1) is 0 Å². The first kappa shape index (κ1) is 19.3. The fourth-order valence-electron chi connectivity index (χ4n) is 3.27. The molecular weight excluding hydrogens is 340 g/mol. The van der Waals surface area contributed by atoms with Crippen LogP contribution in [-0.4, -0.2) is 72.2 Å². The van der Waals surface area contributed by atoms with Crippen molar-refractivity contribution in [2.75, 3.05) is 50.9 Å². The Hall–Kier alpha value is -2.51. The average molecular weight is 368 g/mol. The van der Waals surface area contributed by atoms with Crippen molar-refractivity contribution in [3.05, 3.63) is 48.2 Å². The Bertz CT molecular complexity index is 711. The van der Waals surface area contributed by atoms with Gasteiger partial charge in [0.15, 0.2) is 5.69 Å². The quantitative estimate of drug-likeness (QED) is 0.780. The van der Waals surface area contributed by atoms with Crippen molar-refractivity contribution >= 4 is 17.4 Å². The number of benzene rings is 1. The van der Waals surface area contributed by atoms with Crippen LogP contribution in [0.5, 0.6) is 0 Å². The van der Waals surface area contributed by atoms with Crippen LogP contribution in [0.15, 0.2) is 42.5 Å². The zero-order valence-electron chi connectivity index (χ0n) is 16.1. The van der Waals surface area contributed by atoms with Gasteiger partial charge in [-0.15, -0.1) is 10.2 Å². The predicted molar refractivity (Wildman–Crippen MR) is 108 cm³/mol. The molecule has 0 atom stereocenters. The third-order valence-electron chi connectivity index (χ3n) is 4.95. The average Bonchev–Trinajstić information content (AvgIpc) is 2.69. The molecule has 1 amide bonds. The van der Waals surface area contributed by atoms with Gasteiger partial charge >= 0.3 is 0 Å². The Morgan fingerprint density at radius 3 is 2.48 bits per heavy atom. The number of likely N-dealkylation sites (tertiary alicyclic amines) is 1. The van der Waals surface area contributed by atoms with Gasteiger partial charge in [-0.3, -0.25) is 4.79 Å². The Morgan fingerprint density at radius 2 is 1.85 bits per heavy atom. The molecule has 7 nitrogen and oxygen atoms in total. The zero-order valence-corrected chi connectivity index (χ0v) is 16.1. The van der Waals surface area contributed by atoms with Gasteiger partial charge in [-0.1, -0.05) is 18.2 Å². The number of rotatable bonds is 7. The smallest absolute Gasteiger partial charge is 0.276 e. The standard InChI is InChI=1S/C20H28N6O/c1-25(2)17-10-13-26(14-11-17)15-12-21-19-9-8-18(23-24-19)20(27)22-16-6-4-3-5-7-16/h3-9,17H,10-15H2,1-2H3,(H,21,24)(H,22,27). The third-order valence-corrected chi connectivity index (χ3v) is 4.95. The normalized spacial score (nSPS) is 15.7. The fourth-order valence-corrected chi connectivity index (χ4v) is 3.27. The van der Waals surface area contributed by atoms with Crippen molar-refractivity contribution in [2.24, 2.45) is 0 Å². The number of aromatic nitrogens is 2. The van der Waals surface area contributed by atoms with Gasteiger partial charge in [-0.25, -0.2) is 0 Å². The molecule has 7 heteroatoms.